The largest absolute Gasteiger partial charge is 0.492 e. The van der Waals surface area contributed by atoms with Gasteiger partial charge in [0, 0.05) is 5.02 Å². The summed E-state index contributed by atoms with van der Waals surface area (Å²) >= 11 is 5.70. The summed E-state index contributed by atoms with van der Waals surface area (Å²) in [5.41, 5.74) is 5.59. The molecule has 0 bridgehead atoms. The van der Waals surface area contributed by atoms with Crippen LogP contribution in [0.3, 0.4) is 0 Å². The molecule has 0 radical (unpaired) electrons. The molecule has 1 aromatic rings. The Bertz CT molecular complexity index is 318. The first-order valence-corrected chi connectivity index (χ1v) is 4.61. The van der Waals surface area contributed by atoms with Crippen LogP contribution >= 0.6 is 11.6 Å². The number of hydrogen-bond acceptors (Lipinski definition) is 3. The van der Waals surface area contributed by atoms with E-state index in [9.17, 15) is 0 Å². The van der Waals surface area contributed by atoms with Crippen molar-refractivity contribution in [2.75, 3.05) is 6.61 Å². The molecule has 3 nitrogen and oxygen atoms in total. The first-order chi connectivity index (χ1) is 6.72. The van der Waals surface area contributed by atoms with E-state index in [-0.39, 0.29) is 6.04 Å². The van der Waals surface area contributed by atoms with Gasteiger partial charge in [0.25, 0.3) is 0 Å². The fourth-order valence-corrected chi connectivity index (χ4v) is 1.04. The lowest BCUT2D eigenvalue weighted by atomic mass is 10.2. The number of nitrogens with zero attached hydrogens (tertiary/aromatic N) is 1. The summed E-state index contributed by atoms with van der Waals surface area (Å²) in [5.74, 6) is 0.711. The third-order valence-electron chi connectivity index (χ3n) is 1.63. The first-order valence-electron chi connectivity index (χ1n) is 4.23. The number of hydrogen-bond donors (Lipinski definition) is 1. The van der Waals surface area contributed by atoms with Gasteiger partial charge in [-0.1, -0.05) is 11.6 Å². The molecule has 14 heavy (non-hydrogen) atoms. The molecule has 1 rings (SSSR count). The van der Waals surface area contributed by atoms with Gasteiger partial charge >= 0.3 is 0 Å². The fraction of sp³-hybridized carbons (Fsp3) is 0.300. The van der Waals surface area contributed by atoms with E-state index in [1.54, 1.807) is 24.3 Å². The molecule has 0 saturated heterocycles. The molecule has 74 valence electrons. The Balaban J connectivity index is 2.39. The smallest absolute Gasteiger partial charge is 0.119 e. The maximum absolute atomic E-state index is 8.37. The standard InChI is InChI=1S/C10H11ClN2O/c11-8-1-3-10(4-2-8)14-7-9(13)5-6-12/h1-4,9H,5,7,13H2. The quantitative estimate of drug-likeness (QED) is 0.827. The Morgan fingerprint density at radius 2 is 2.07 bits per heavy atom. The summed E-state index contributed by atoms with van der Waals surface area (Å²) in [7, 11) is 0. The van der Waals surface area contributed by atoms with Gasteiger partial charge in [-0.25, -0.2) is 0 Å². The van der Waals surface area contributed by atoms with Crippen LogP contribution in [0.4, 0.5) is 0 Å². The molecule has 0 aliphatic heterocycles. The van der Waals surface area contributed by atoms with E-state index in [1.807, 2.05) is 6.07 Å². The Kier molecular flexibility index (Phi) is 4.24. The lowest BCUT2D eigenvalue weighted by molar-refractivity contribution is 0.290. The third kappa shape index (κ3) is 3.65. The van der Waals surface area contributed by atoms with Crippen molar-refractivity contribution in [3.63, 3.8) is 0 Å². The molecule has 0 spiro atoms. The molecule has 0 amide bonds. The highest BCUT2D eigenvalue weighted by Gasteiger charge is 2.02. The predicted molar refractivity (Wildman–Crippen MR) is 55.2 cm³/mol. The van der Waals surface area contributed by atoms with Crippen LogP contribution in [0.15, 0.2) is 24.3 Å². The van der Waals surface area contributed by atoms with E-state index >= 15 is 0 Å². The molecular formula is C10H11ClN2O. The average Bonchev–Trinajstić information content (AvgIpc) is 2.17. The minimum absolute atomic E-state index is 0.240. The second-order valence-corrected chi connectivity index (χ2v) is 3.32. The zero-order chi connectivity index (χ0) is 10.4. The second kappa shape index (κ2) is 5.48. The lowest BCUT2D eigenvalue weighted by Crippen LogP contribution is -2.27. The first kappa shape index (κ1) is 10.8. The van der Waals surface area contributed by atoms with Crippen LogP contribution in [0.25, 0.3) is 0 Å². The molecule has 0 aromatic heterocycles. The van der Waals surface area contributed by atoms with Crippen LogP contribution in [0.5, 0.6) is 5.75 Å². The number of ether oxygens (including phenoxy) is 1. The normalized spacial score (nSPS) is 11.8. The summed E-state index contributed by atoms with van der Waals surface area (Å²) < 4.78 is 5.34. The Labute approximate surface area is 88.0 Å². The van der Waals surface area contributed by atoms with Crippen molar-refractivity contribution >= 4 is 11.6 Å². The molecule has 4 heteroatoms. The van der Waals surface area contributed by atoms with Crippen molar-refractivity contribution in [1.29, 1.82) is 5.26 Å². The summed E-state index contributed by atoms with van der Waals surface area (Å²) in [6, 6.07) is 8.76. The topological polar surface area (TPSA) is 59.0 Å². The van der Waals surface area contributed by atoms with E-state index in [2.05, 4.69) is 0 Å². The Morgan fingerprint density at radius 3 is 2.64 bits per heavy atom. The van der Waals surface area contributed by atoms with Gasteiger partial charge in [0.1, 0.15) is 12.4 Å². The van der Waals surface area contributed by atoms with E-state index in [1.165, 1.54) is 0 Å². The molecular weight excluding hydrogens is 200 g/mol. The minimum Gasteiger partial charge on any atom is -0.492 e. The van der Waals surface area contributed by atoms with E-state index < -0.39 is 0 Å². The summed E-state index contributed by atoms with van der Waals surface area (Å²) in [6.07, 6.45) is 0.299. The number of rotatable bonds is 4. The summed E-state index contributed by atoms with van der Waals surface area (Å²) in [6.45, 7) is 0.342. The van der Waals surface area contributed by atoms with Gasteiger partial charge in [0.15, 0.2) is 0 Å². The minimum atomic E-state index is -0.240. The van der Waals surface area contributed by atoms with Gasteiger partial charge in [-0.2, -0.15) is 5.26 Å². The van der Waals surface area contributed by atoms with Crippen LogP contribution in [-0.2, 0) is 0 Å². The Morgan fingerprint density at radius 1 is 1.43 bits per heavy atom. The Hall–Kier alpha value is -1.24. The molecule has 2 N–H and O–H groups in total. The molecule has 0 aliphatic rings. The maximum atomic E-state index is 8.37. The van der Waals surface area contributed by atoms with Crippen LogP contribution in [0.2, 0.25) is 5.02 Å². The average molecular weight is 211 g/mol. The number of benzene rings is 1. The number of halogens is 1. The van der Waals surface area contributed by atoms with Crippen LogP contribution in [-0.4, -0.2) is 12.6 Å². The van der Waals surface area contributed by atoms with E-state index in [0.29, 0.717) is 23.8 Å². The molecule has 1 atom stereocenters. The molecule has 0 fully saturated rings. The van der Waals surface area contributed by atoms with Crippen molar-refractivity contribution in [3.05, 3.63) is 29.3 Å². The van der Waals surface area contributed by atoms with Gasteiger partial charge in [-0.3, -0.25) is 0 Å². The molecule has 0 saturated carbocycles. The summed E-state index contributed by atoms with van der Waals surface area (Å²) in [4.78, 5) is 0. The van der Waals surface area contributed by atoms with Crippen molar-refractivity contribution < 1.29 is 4.74 Å². The zero-order valence-electron chi connectivity index (χ0n) is 7.61. The highest BCUT2D eigenvalue weighted by molar-refractivity contribution is 6.30. The molecule has 1 aromatic carbocycles. The van der Waals surface area contributed by atoms with Gasteiger partial charge < -0.3 is 10.5 Å². The fourth-order valence-electron chi connectivity index (χ4n) is 0.910. The summed E-state index contributed by atoms with van der Waals surface area (Å²) in [5, 5.41) is 9.03. The monoisotopic (exact) mass is 210 g/mol. The van der Waals surface area contributed by atoms with Crippen LogP contribution in [0.1, 0.15) is 6.42 Å². The highest BCUT2D eigenvalue weighted by Crippen LogP contribution is 2.15. The van der Waals surface area contributed by atoms with Gasteiger partial charge in [-0.15, -0.1) is 0 Å². The van der Waals surface area contributed by atoms with Gasteiger partial charge in [0.05, 0.1) is 18.5 Å². The zero-order valence-corrected chi connectivity index (χ0v) is 8.37. The second-order valence-electron chi connectivity index (χ2n) is 2.89. The van der Waals surface area contributed by atoms with Gasteiger partial charge in [0.2, 0.25) is 0 Å². The van der Waals surface area contributed by atoms with E-state index in [4.69, 9.17) is 27.3 Å². The number of nitriles is 1. The van der Waals surface area contributed by atoms with E-state index in [0.717, 1.165) is 0 Å². The molecule has 1 unspecified atom stereocenters. The maximum Gasteiger partial charge on any atom is 0.119 e. The molecule has 0 heterocycles. The molecule has 0 aliphatic carbocycles. The van der Waals surface area contributed by atoms with Crippen molar-refractivity contribution in [3.8, 4) is 11.8 Å². The predicted octanol–water partition coefficient (Wildman–Crippen LogP) is 1.96. The van der Waals surface area contributed by atoms with Crippen LogP contribution < -0.4 is 10.5 Å². The van der Waals surface area contributed by atoms with Gasteiger partial charge in [-0.05, 0) is 24.3 Å². The lowest BCUT2D eigenvalue weighted by Gasteiger charge is -2.09. The van der Waals surface area contributed by atoms with Crippen molar-refractivity contribution in [2.24, 2.45) is 5.73 Å². The van der Waals surface area contributed by atoms with Crippen molar-refractivity contribution in [2.45, 2.75) is 12.5 Å². The SMILES string of the molecule is N#CCC(N)COc1ccc(Cl)cc1. The highest BCUT2D eigenvalue weighted by atomic mass is 35.5. The van der Waals surface area contributed by atoms with Crippen molar-refractivity contribution in [1.82, 2.24) is 0 Å². The third-order valence-corrected chi connectivity index (χ3v) is 1.88. The van der Waals surface area contributed by atoms with Crippen LogP contribution in [0, 0.1) is 11.3 Å². The number of nitrogens with two attached hydrogens (primary N) is 1.